The van der Waals surface area contributed by atoms with Gasteiger partial charge in [-0.05, 0) is 42.3 Å². The number of benzene rings is 1. The van der Waals surface area contributed by atoms with Crippen LogP contribution in [0.15, 0.2) is 34.8 Å². The topological polar surface area (TPSA) is 94.8 Å². The monoisotopic (exact) mass is 430 g/mol. The van der Waals surface area contributed by atoms with Crippen LogP contribution in [0.2, 0.25) is 0 Å². The second kappa shape index (κ2) is 9.47. The zero-order chi connectivity index (χ0) is 20.1. The van der Waals surface area contributed by atoms with E-state index in [2.05, 4.69) is 25.8 Å². The number of carbonyl (C=O) groups is 1. The molecule has 1 N–H and O–H groups in total. The molecule has 152 valence electrons. The fraction of sp³-hybridized carbons (Fsp3) is 0.421. The van der Waals surface area contributed by atoms with Gasteiger partial charge in [-0.25, -0.2) is 9.67 Å². The molecule has 0 bridgehead atoms. The van der Waals surface area contributed by atoms with Crippen LogP contribution in [0, 0.1) is 6.92 Å². The van der Waals surface area contributed by atoms with Gasteiger partial charge in [0, 0.05) is 23.4 Å². The summed E-state index contributed by atoms with van der Waals surface area (Å²) in [6, 6.07) is 7.75. The lowest BCUT2D eigenvalue weighted by Gasteiger charge is -2.09. The number of anilines is 1. The molecule has 1 atom stereocenters. The Morgan fingerprint density at radius 1 is 1.38 bits per heavy atom. The number of amides is 1. The van der Waals surface area contributed by atoms with Crippen molar-refractivity contribution in [3.8, 4) is 0 Å². The maximum atomic E-state index is 12.2. The van der Waals surface area contributed by atoms with Gasteiger partial charge in [0.2, 0.25) is 11.1 Å². The molecule has 1 aromatic carbocycles. The van der Waals surface area contributed by atoms with Crippen LogP contribution in [0.1, 0.15) is 29.1 Å². The van der Waals surface area contributed by atoms with Gasteiger partial charge in [-0.2, -0.15) is 0 Å². The van der Waals surface area contributed by atoms with E-state index >= 15 is 0 Å². The molecule has 1 saturated heterocycles. The molecule has 0 radical (unpaired) electrons. The highest BCUT2D eigenvalue weighted by molar-refractivity contribution is 7.98. The number of tetrazole rings is 1. The Kier molecular flexibility index (Phi) is 6.53. The maximum absolute atomic E-state index is 12.2. The predicted molar refractivity (Wildman–Crippen MR) is 112 cm³/mol. The van der Waals surface area contributed by atoms with Crippen molar-refractivity contribution >= 4 is 34.7 Å². The first kappa shape index (κ1) is 20.0. The molecule has 3 aromatic rings. The van der Waals surface area contributed by atoms with Crippen LogP contribution in [0.5, 0.6) is 0 Å². The summed E-state index contributed by atoms with van der Waals surface area (Å²) in [5.41, 5.74) is 2.88. The summed E-state index contributed by atoms with van der Waals surface area (Å²) in [6.45, 7) is 3.51. The van der Waals surface area contributed by atoms with Gasteiger partial charge < -0.3 is 10.1 Å². The van der Waals surface area contributed by atoms with Crippen LogP contribution in [-0.4, -0.2) is 43.8 Å². The number of aromatic nitrogens is 5. The van der Waals surface area contributed by atoms with Gasteiger partial charge in [0.1, 0.15) is 5.01 Å². The van der Waals surface area contributed by atoms with Crippen molar-refractivity contribution in [3.63, 3.8) is 0 Å². The lowest BCUT2D eigenvalue weighted by Crippen LogP contribution is -2.16. The minimum atomic E-state index is -0.0667. The standard InChI is InChI=1S/C19H22N6O2S2/c1-13-4-6-14(7-5-13)20-17(26)9-18-21-15(11-28-18)12-29-19-22-23-24-25(19)10-16-3-2-8-27-16/h4-7,11,16H,2-3,8-10,12H2,1H3,(H,20,26)/t16-/m0/s1. The van der Waals surface area contributed by atoms with E-state index in [1.807, 2.05) is 36.6 Å². The third-order valence-corrected chi connectivity index (χ3v) is 6.38. The molecule has 0 aliphatic carbocycles. The smallest absolute Gasteiger partial charge is 0.231 e. The molecule has 3 heterocycles. The molecule has 1 fully saturated rings. The number of thioether (sulfide) groups is 1. The first-order valence-corrected chi connectivity index (χ1v) is 11.3. The largest absolute Gasteiger partial charge is 0.376 e. The lowest BCUT2D eigenvalue weighted by atomic mass is 10.2. The van der Waals surface area contributed by atoms with Crippen LogP contribution in [0.3, 0.4) is 0 Å². The van der Waals surface area contributed by atoms with E-state index in [1.165, 1.54) is 11.3 Å². The molecule has 4 rings (SSSR count). The van der Waals surface area contributed by atoms with Gasteiger partial charge >= 0.3 is 0 Å². The van der Waals surface area contributed by atoms with Gasteiger partial charge in [0.05, 0.1) is 24.8 Å². The van der Waals surface area contributed by atoms with E-state index in [1.54, 1.807) is 16.4 Å². The van der Waals surface area contributed by atoms with E-state index in [0.29, 0.717) is 12.3 Å². The summed E-state index contributed by atoms with van der Waals surface area (Å²) in [5, 5.41) is 18.4. The van der Waals surface area contributed by atoms with E-state index in [-0.39, 0.29) is 18.4 Å². The number of nitrogens with zero attached hydrogens (tertiary/aromatic N) is 5. The van der Waals surface area contributed by atoms with Gasteiger partial charge in [-0.1, -0.05) is 29.5 Å². The van der Waals surface area contributed by atoms with Gasteiger partial charge in [-0.15, -0.1) is 16.4 Å². The third-order valence-electron chi connectivity index (χ3n) is 4.50. The van der Waals surface area contributed by atoms with Gasteiger partial charge in [0.25, 0.3) is 0 Å². The summed E-state index contributed by atoms with van der Waals surface area (Å²) in [7, 11) is 0. The normalized spacial score (nSPS) is 16.2. The quantitative estimate of drug-likeness (QED) is 0.549. The van der Waals surface area contributed by atoms with Crippen LogP contribution in [-0.2, 0) is 28.2 Å². The Balaban J connectivity index is 1.28. The summed E-state index contributed by atoms with van der Waals surface area (Å²) in [5.74, 6) is 0.588. The van der Waals surface area contributed by atoms with Crippen molar-refractivity contribution in [3.05, 3.63) is 45.9 Å². The Morgan fingerprint density at radius 2 is 2.24 bits per heavy atom. The van der Waals surface area contributed by atoms with E-state index in [9.17, 15) is 4.79 Å². The number of carbonyl (C=O) groups excluding carboxylic acids is 1. The van der Waals surface area contributed by atoms with Crippen molar-refractivity contribution in [1.29, 1.82) is 0 Å². The molecule has 8 nitrogen and oxygen atoms in total. The molecule has 0 saturated carbocycles. The average molecular weight is 431 g/mol. The van der Waals surface area contributed by atoms with E-state index in [0.717, 1.165) is 46.6 Å². The second-order valence-electron chi connectivity index (χ2n) is 6.89. The molecular formula is C19H22N6O2S2. The number of rotatable bonds is 8. The summed E-state index contributed by atoms with van der Waals surface area (Å²) >= 11 is 3.04. The number of aryl methyl sites for hydroxylation is 1. The fourth-order valence-electron chi connectivity index (χ4n) is 3.01. The highest BCUT2D eigenvalue weighted by Gasteiger charge is 2.19. The Labute approximate surface area is 177 Å². The molecule has 1 aliphatic heterocycles. The lowest BCUT2D eigenvalue weighted by molar-refractivity contribution is -0.115. The number of thiazole rings is 1. The van der Waals surface area contributed by atoms with Crippen LogP contribution < -0.4 is 5.32 Å². The SMILES string of the molecule is Cc1ccc(NC(=O)Cc2nc(CSc3nnnn3C[C@@H]3CCCO3)cs2)cc1. The molecule has 10 heteroatoms. The molecule has 1 amide bonds. The van der Waals surface area contributed by atoms with Crippen molar-refractivity contribution in [2.24, 2.45) is 0 Å². The van der Waals surface area contributed by atoms with Crippen LogP contribution in [0.25, 0.3) is 0 Å². The maximum Gasteiger partial charge on any atom is 0.231 e. The number of nitrogens with one attached hydrogen (secondary N) is 1. The van der Waals surface area contributed by atoms with Crippen molar-refractivity contribution < 1.29 is 9.53 Å². The zero-order valence-corrected chi connectivity index (χ0v) is 17.7. The predicted octanol–water partition coefficient (Wildman–Crippen LogP) is 3.09. The van der Waals surface area contributed by atoms with E-state index < -0.39 is 0 Å². The average Bonchev–Trinajstić information content (AvgIpc) is 3.45. The van der Waals surface area contributed by atoms with Crippen LogP contribution >= 0.6 is 23.1 Å². The molecule has 29 heavy (non-hydrogen) atoms. The van der Waals surface area contributed by atoms with Crippen molar-refractivity contribution in [2.75, 3.05) is 11.9 Å². The summed E-state index contributed by atoms with van der Waals surface area (Å²) < 4.78 is 7.45. The molecule has 2 aromatic heterocycles. The number of ether oxygens (including phenoxy) is 1. The minimum absolute atomic E-state index is 0.0667. The first-order valence-electron chi connectivity index (χ1n) is 9.46. The van der Waals surface area contributed by atoms with Crippen molar-refractivity contribution in [1.82, 2.24) is 25.2 Å². The number of hydrogen-bond donors (Lipinski definition) is 1. The Morgan fingerprint density at radius 3 is 3.03 bits per heavy atom. The molecule has 0 unspecified atom stereocenters. The van der Waals surface area contributed by atoms with Crippen LogP contribution in [0.4, 0.5) is 5.69 Å². The number of hydrogen-bond acceptors (Lipinski definition) is 8. The highest BCUT2D eigenvalue weighted by Crippen LogP contribution is 2.23. The Hall–Kier alpha value is -2.30. The first-order chi connectivity index (χ1) is 14.2. The van der Waals surface area contributed by atoms with Crippen molar-refractivity contribution in [2.45, 2.75) is 49.7 Å². The molecular weight excluding hydrogens is 408 g/mol. The highest BCUT2D eigenvalue weighted by atomic mass is 32.2. The third kappa shape index (κ3) is 5.62. The summed E-state index contributed by atoms with van der Waals surface area (Å²) in [4.78, 5) is 16.8. The second-order valence-corrected chi connectivity index (χ2v) is 8.78. The molecule has 1 aliphatic rings. The van der Waals surface area contributed by atoms with E-state index in [4.69, 9.17) is 4.74 Å². The summed E-state index contributed by atoms with van der Waals surface area (Å²) in [6.07, 6.45) is 2.59. The minimum Gasteiger partial charge on any atom is -0.376 e. The van der Waals surface area contributed by atoms with Gasteiger partial charge in [-0.3, -0.25) is 4.79 Å². The van der Waals surface area contributed by atoms with Gasteiger partial charge in [0.15, 0.2) is 0 Å². The Bertz CT molecular complexity index is 950. The fourth-order valence-corrected chi connectivity index (χ4v) is 4.69. The zero-order valence-electron chi connectivity index (χ0n) is 16.1. The molecule has 0 spiro atoms.